The number of hydrogen-bond donors (Lipinski definition) is 2. The molecule has 0 aromatic carbocycles. The molecule has 4 heteroatoms. The number of rotatable bonds is 2. The van der Waals surface area contributed by atoms with Crippen molar-refractivity contribution < 1.29 is 0 Å². The summed E-state index contributed by atoms with van der Waals surface area (Å²) in [4.78, 5) is 6.98. The zero-order valence-corrected chi connectivity index (χ0v) is 6.70. The van der Waals surface area contributed by atoms with Crippen LogP contribution in [0.5, 0.6) is 0 Å². The van der Waals surface area contributed by atoms with Crippen LogP contribution in [0.3, 0.4) is 0 Å². The second-order valence-corrected chi connectivity index (χ2v) is 2.48. The van der Waals surface area contributed by atoms with Crippen molar-refractivity contribution >= 4 is 15.9 Å². The lowest BCUT2D eigenvalue weighted by molar-refractivity contribution is 0.796. The van der Waals surface area contributed by atoms with E-state index in [1.165, 1.54) is 0 Å². The van der Waals surface area contributed by atoms with Crippen molar-refractivity contribution in [1.29, 1.82) is 0 Å². The highest BCUT2D eigenvalue weighted by Crippen LogP contribution is 2.02. The van der Waals surface area contributed by atoms with Gasteiger partial charge in [-0.15, -0.1) is 0 Å². The minimum atomic E-state index is 0.785. The van der Waals surface area contributed by atoms with Crippen molar-refractivity contribution in [3.05, 3.63) is 16.6 Å². The second-order valence-electron chi connectivity index (χ2n) is 1.73. The van der Waals surface area contributed by atoms with Crippen LogP contribution in [0.25, 0.3) is 0 Å². The Kier molecular flexibility index (Phi) is 2.24. The first-order chi connectivity index (χ1) is 4.33. The predicted octanol–water partition coefficient (Wildman–Crippen LogP) is 0.892. The van der Waals surface area contributed by atoms with Gasteiger partial charge in [0.1, 0.15) is 0 Å². The quantitative estimate of drug-likeness (QED) is 0.727. The lowest BCUT2D eigenvalue weighted by Gasteiger charge is -1.90. The third kappa shape index (κ3) is 1.80. The van der Waals surface area contributed by atoms with Crippen LogP contribution in [0.2, 0.25) is 0 Å². The van der Waals surface area contributed by atoms with Gasteiger partial charge in [0.15, 0.2) is 4.73 Å². The molecule has 1 aromatic heterocycles. The van der Waals surface area contributed by atoms with Crippen LogP contribution in [0.4, 0.5) is 0 Å². The SMILES string of the molecule is CNCc1cnc(Br)[nH]1. The van der Waals surface area contributed by atoms with Gasteiger partial charge in [-0.25, -0.2) is 4.98 Å². The molecule has 0 atom stereocenters. The van der Waals surface area contributed by atoms with Gasteiger partial charge in [-0.3, -0.25) is 0 Å². The van der Waals surface area contributed by atoms with Crippen LogP contribution in [-0.4, -0.2) is 17.0 Å². The zero-order chi connectivity index (χ0) is 6.69. The molecular formula is C5H8BrN3. The number of aromatic amines is 1. The Morgan fingerprint density at radius 3 is 3.11 bits per heavy atom. The molecule has 0 aliphatic carbocycles. The molecule has 1 heterocycles. The molecule has 0 amide bonds. The smallest absolute Gasteiger partial charge is 0.174 e. The van der Waals surface area contributed by atoms with Crippen LogP contribution in [-0.2, 0) is 6.54 Å². The van der Waals surface area contributed by atoms with E-state index in [0.717, 1.165) is 17.0 Å². The first kappa shape index (κ1) is 6.77. The first-order valence-electron chi connectivity index (χ1n) is 2.67. The third-order valence-corrected chi connectivity index (χ3v) is 1.37. The maximum Gasteiger partial charge on any atom is 0.174 e. The Bertz CT molecular complexity index is 184. The molecule has 0 spiro atoms. The third-order valence-electron chi connectivity index (χ3n) is 0.965. The van der Waals surface area contributed by atoms with E-state index >= 15 is 0 Å². The number of H-pyrrole nitrogens is 1. The summed E-state index contributed by atoms with van der Waals surface area (Å²) in [6.45, 7) is 0.832. The first-order valence-corrected chi connectivity index (χ1v) is 3.46. The fourth-order valence-corrected chi connectivity index (χ4v) is 0.969. The van der Waals surface area contributed by atoms with Gasteiger partial charge in [-0.1, -0.05) is 0 Å². The molecule has 0 unspecified atom stereocenters. The minimum Gasteiger partial charge on any atom is -0.335 e. The summed E-state index contributed by atoms with van der Waals surface area (Å²) in [6, 6.07) is 0. The molecule has 2 N–H and O–H groups in total. The van der Waals surface area contributed by atoms with Gasteiger partial charge in [0, 0.05) is 12.2 Å². The highest BCUT2D eigenvalue weighted by molar-refractivity contribution is 9.10. The summed E-state index contributed by atoms with van der Waals surface area (Å²) in [5, 5.41) is 3.01. The van der Waals surface area contributed by atoms with Crippen molar-refractivity contribution in [2.45, 2.75) is 6.54 Å². The van der Waals surface area contributed by atoms with E-state index in [1.807, 2.05) is 7.05 Å². The topological polar surface area (TPSA) is 40.7 Å². The summed E-state index contributed by atoms with van der Waals surface area (Å²) in [5.74, 6) is 0. The van der Waals surface area contributed by atoms with Crippen molar-refractivity contribution in [3.63, 3.8) is 0 Å². The largest absolute Gasteiger partial charge is 0.335 e. The van der Waals surface area contributed by atoms with E-state index < -0.39 is 0 Å². The fourth-order valence-electron chi connectivity index (χ4n) is 0.612. The van der Waals surface area contributed by atoms with Crippen LogP contribution >= 0.6 is 15.9 Å². The standard InChI is InChI=1S/C5H8BrN3/c1-7-2-4-3-8-5(6)9-4/h3,7H,2H2,1H3,(H,8,9). The highest BCUT2D eigenvalue weighted by atomic mass is 79.9. The van der Waals surface area contributed by atoms with E-state index in [1.54, 1.807) is 6.20 Å². The van der Waals surface area contributed by atoms with Gasteiger partial charge in [0.25, 0.3) is 0 Å². The second kappa shape index (κ2) is 2.98. The lowest BCUT2D eigenvalue weighted by atomic mass is 10.5. The van der Waals surface area contributed by atoms with Gasteiger partial charge in [0.2, 0.25) is 0 Å². The highest BCUT2D eigenvalue weighted by Gasteiger charge is 1.92. The summed E-state index contributed by atoms with van der Waals surface area (Å²) in [6.07, 6.45) is 1.79. The molecule has 1 aromatic rings. The fraction of sp³-hybridized carbons (Fsp3) is 0.400. The van der Waals surface area contributed by atoms with Gasteiger partial charge in [0.05, 0.1) is 6.20 Å². The zero-order valence-electron chi connectivity index (χ0n) is 5.11. The summed E-state index contributed by atoms with van der Waals surface area (Å²) >= 11 is 3.21. The van der Waals surface area contributed by atoms with E-state index in [9.17, 15) is 0 Å². The summed E-state index contributed by atoms with van der Waals surface area (Å²) < 4.78 is 0.785. The van der Waals surface area contributed by atoms with Gasteiger partial charge >= 0.3 is 0 Å². The molecule has 0 saturated heterocycles. The van der Waals surface area contributed by atoms with Crippen molar-refractivity contribution in [3.8, 4) is 0 Å². The van der Waals surface area contributed by atoms with Crippen LogP contribution in [0.15, 0.2) is 10.9 Å². The Hall–Kier alpha value is -0.350. The minimum absolute atomic E-state index is 0.785. The summed E-state index contributed by atoms with van der Waals surface area (Å²) in [7, 11) is 1.90. The van der Waals surface area contributed by atoms with E-state index in [4.69, 9.17) is 0 Å². The molecule has 0 aliphatic rings. The number of halogens is 1. The van der Waals surface area contributed by atoms with Gasteiger partial charge < -0.3 is 10.3 Å². The molecule has 0 saturated carbocycles. The van der Waals surface area contributed by atoms with Crippen LogP contribution in [0.1, 0.15) is 5.69 Å². The molecule has 0 fully saturated rings. The predicted molar refractivity (Wildman–Crippen MR) is 39.1 cm³/mol. The molecule has 1 rings (SSSR count). The number of nitrogens with zero attached hydrogens (tertiary/aromatic N) is 1. The number of aromatic nitrogens is 2. The Morgan fingerprint density at radius 1 is 1.89 bits per heavy atom. The lowest BCUT2D eigenvalue weighted by Crippen LogP contribution is -2.04. The molecule has 9 heavy (non-hydrogen) atoms. The van der Waals surface area contributed by atoms with E-state index in [0.29, 0.717) is 0 Å². The van der Waals surface area contributed by atoms with Gasteiger partial charge in [-0.2, -0.15) is 0 Å². The monoisotopic (exact) mass is 189 g/mol. The average molecular weight is 190 g/mol. The van der Waals surface area contributed by atoms with Crippen molar-refractivity contribution in [2.24, 2.45) is 0 Å². The molecule has 0 aliphatic heterocycles. The molecule has 0 radical (unpaired) electrons. The van der Waals surface area contributed by atoms with Crippen LogP contribution in [0, 0.1) is 0 Å². The Morgan fingerprint density at radius 2 is 2.67 bits per heavy atom. The van der Waals surface area contributed by atoms with Crippen LogP contribution < -0.4 is 5.32 Å². The number of imidazole rings is 1. The number of nitrogens with one attached hydrogen (secondary N) is 2. The molecule has 50 valence electrons. The maximum atomic E-state index is 3.96. The maximum absolute atomic E-state index is 3.96. The normalized spacial score (nSPS) is 10.0. The molecule has 0 bridgehead atoms. The van der Waals surface area contributed by atoms with Crippen molar-refractivity contribution in [1.82, 2.24) is 15.3 Å². The molecular weight excluding hydrogens is 182 g/mol. The van der Waals surface area contributed by atoms with E-state index in [-0.39, 0.29) is 0 Å². The van der Waals surface area contributed by atoms with Crippen molar-refractivity contribution in [2.75, 3.05) is 7.05 Å². The van der Waals surface area contributed by atoms with E-state index in [2.05, 4.69) is 31.2 Å². The average Bonchev–Trinajstić information content (AvgIpc) is 2.17. The number of hydrogen-bond acceptors (Lipinski definition) is 2. The van der Waals surface area contributed by atoms with Gasteiger partial charge in [-0.05, 0) is 23.0 Å². The Labute approximate surface area is 62.0 Å². The summed E-state index contributed by atoms with van der Waals surface area (Å²) in [5.41, 5.74) is 1.09. The molecule has 3 nitrogen and oxygen atoms in total. The Balaban J connectivity index is 2.61.